The summed E-state index contributed by atoms with van der Waals surface area (Å²) in [5.74, 6) is -0.0149. The van der Waals surface area contributed by atoms with Crippen LogP contribution >= 0.6 is 22.7 Å². The fraction of sp³-hybridized carbons (Fsp3) is 0.130. The average molecular weight is 422 g/mol. The lowest BCUT2D eigenvalue weighted by Gasteiger charge is -2.29. The standard InChI is InChI=1S/C23H19NO3S2/c25-22-18(12-20-8-4-10-28-20)14-24(15-19(22)13-21-9-5-11-29-21)23(26)27-16-17-6-2-1-3-7-17/h1-13H,14-16H2. The third-order valence-electron chi connectivity index (χ3n) is 4.49. The second-order valence-corrected chi connectivity index (χ2v) is 8.55. The third-order valence-corrected chi connectivity index (χ3v) is 6.13. The van der Waals surface area contributed by atoms with E-state index in [9.17, 15) is 9.59 Å². The van der Waals surface area contributed by atoms with Crippen LogP contribution in [0.1, 0.15) is 15.3 Å². The summed E-state index contributed by atoms with van der Waals surface area (Å²) in [4.78, 5) is 29.3. The van der Waals surface area contributed by atoms with E-state index in [0.717, 1.165) is 15.3 Å². The molecule has 1 saturated heterocycles. The molecule has 4 nitrogen and oxygen atoms in total. The van der Waals surface area contributed by atoms with Crippen LogP contribution in [0.15, 0.2) is 76.5 Å². The largest absolute Gasteiger partial charge is 0.445 e. The van der Waals surface area contributed by atoms with Crippen LogP contribution in [0.25, 0.3) is 12.2 Å². The van der Waals surface area contributed by atoms with Crippen molar-refractivity contribution in [1.29, 1.82) is 0 Å². The molecule has 0 atom stereocenters. The van der Waals surface area contributed by atoms with Gasteiger partial charge in [0.2, 0.25) is 0 Å². The Kier molecular flexibility index (Phi) is 6.03. The van der Waals surface area contributed by atoms with Crippen molar-refractivity contribution < 1.29 is 14.3 Å². The summed E-state index contributed by atoms with van der Waals surface area (Å²) in [5.41, 5.74) is 2.12. The molecular weight excluding hydrogens is 402 g/mol. The molecule has 0 aliphatic carbocycles. The molecule has 3 heterocycles. The molecule has 0 bridgehead atoms. The highest BCUT2D eigenvalue weighted by Gasteiger charge is 2.30. The molecule has 29 heavy (non-hydrogen) atoms. The molecule has 0 saturated carbocycles. The maximum Gasteiger partial charge on any atom is 0.410 e. The molecule has 146 valence electrons. The lowest BCUT2D eigenvalue weighted by Crippen LogP contribution is -2.41. The van der Waals surface area contributed by atoms with Crippen molar-refractivity contribution >= 4 is 46.7 Å². The minimum Gasteiger partial charge on any atom is -0.445 e. The second kappa shape index (κ2) is 9.03. The Morgan fingerprint density at radius 2 is 1.48 bits per heavy atom. The van der Waals surface area contributed by atoms with E-state index < -0.39 is 6.09 Å². The Morgan fingerprint density at radius 3 is 2.00 bits per heavy atom. The number of carbonyl (C=O) groups is 2. The van der Waals surface area contributed by atoms with Gasteiger partial charge in [0.25, 0.3) is 0 Å². The molecule has 1 aromatic carbocycles. The molecule has 6 heteroatoms. The van der Waals surface area contributed by atoms with Gasteiger partial charge in [0.05, 0.1) is 13.1 Å². The zero-order chi connectivity index (χ0) is 20.1. The number of thiophene rings is 2. The molecule has 1 aliphatic heterocycles. The summed E-state index contributed by atoms with van der Waals surface area (Å²) in [6.07, 6.45) is 3.31. The fourth-order valence-corrected chi connectivity index (χ4v) is 4.43. The number of rotatable bonds is 4. The SMILES string of the molecule is O=C1C(=Cc2cccs2)CN(C(=O)OCc2ccccc2)CC1=Cc1cccs1. The van der Waals surface area contributed by atoms with Crippen molar-refractivity contribution in [1.82, 2.24) is 4.90 Å². The lowest BCUT2D eigenvalue weighted by atomic mass is 9.97. The predicted octanol–water partition coefficient (Wildman–Crippen LogP) is 5.50. The molecule has 0 unspecified atom stereocenters. The quantitative estimate of drug-likeness (QED) is 0.523. The number of piperidine rings is 1. The summed E-state index contributed by atoms with van der Waals surface area (Å²) >= 11 is 3.12. The second-order valence-electron chi connectivity index (χ2n) is 6.60. The summed E-state index contributed by atoms with van der Waals surface area (Å²) in [6, 6.07) is 17.4. The highest BCUT2D eigenvalue weighted by atomic mass is 32.1. The highest BCUT2D eigenvalue weighted by Crippen LogP contribution is 2.25. The number of likely N-dealkylation sites (tertiary alicyclic amines) is 1. The third kappa shape index (κ3) is 4.91. The fourth-order valence-electron chi connectivity index (χ4n) is 3.07. The molecular formula is C23H19NO3S2. The maximum atomic E-state index is 13.0. The van der Waals surface area contributed by atoms with E-state index in [1.807, 2.05) is 77.5 Å². The molecule has 1 amide bonds. The topological polar surface area (TPSA) is 46.6 Å². The van der Waals surface area contributed by atoms with Crippen LogP contribution in [0, 0.1) is 0 Å². The van der Waals surface area contributed by atoms with Crippen molar-refractivity contribution in [3.63, 3.8) is 0 Å². The Bertz CT molecular complexity index is 979. The van der Waals surface area contributed by atoms with E-state index in [-0.39, 0.29) is 25.5 Å². The summed E-state index contributed by atoms with van der Waals surface area (Å²) in [5, 5.41) is 3.93. The number of ether oxygens (including phenoxy) is 1. The zero-order valence-corrected chi connectivity index (χ0v) is 17.2. The van der Waals surface area contributed by atoms with Gasteiger partial charge in [-0.15, -0.1) is 22.7 Å². The van der Waals surface area contributed by atoms with E-state index in [4.69, 9.17) is 4.74 Å². The number of Topliss-reactive ketones (excluding diaryl/α,β-unsaturated/α-hetero) is 1. The van der Waals surface area contributed by atoms with Gasteiger partial charge in [-0.05, 0) is 40.6 Å². The first-order valence-corrected chi connectivity index (χ1v) is 10.9. The van der Waals surface area contributed by atoms with Crippen molar-refractivity contribution in [2.75, 3.05) is 13.1 Å². The zero-order valence-electron chi connectivity index (χ0n) is 15.6. The smallest absolute Gasteiger partial charge is 0.410 e. The monoisotopic (exact) mass is 421 g/mol. The van der Waals surface area contributed by atoms with Gasteiger partial charge in [0.1, 0.15) is 6.61 Å². The average Bonchev–Trinajstić information content (AvgIpc) is 3.44. The number of hydrogen-bond acceptors (Lipinski definition) is 5. The first-order chi connectivity index (χ1) is 14.2. The Morgan fingerprint density at radius 1 is 0.897 bits per heavy atom. The Labute approximate surface area is 177 Å². The van der Waals surface area contributed by atoms with E-state index in [1.54, 1.807) is 27.6 Å². The highest BCUT2D eigenvalue weighted by molar-refractivity contribution is 7.11. The van der Waals surface area contributed by atoms with E-state index in [1.165, 1.54) is 0 Å². The first kappa shape index (κ1) is 19.4. The number of carbonyl (C=O) groups excluding carboxylic acids is 2. The van der Waals surface area contributed by atoms with Crippen molar-refractivity contribution in [3.8, 4) is 0 Å². The summed E-state index contributed by atoms with van der Waals surface area (Å²) in [7, 11) is 0. The molecule has 1 fully saturated rings. The Hall–Kier alpha value is -2.96. The van der Waals surface area contributed by atoms with Crippen molar-refractivity contribution in [2.24, 2.45) is 0 Å². The molecule has 1 aliphatic rings. The van der Waals surface area contributed by atoms with Crippen LogP contribution in [0.4, 0.5) is 4.79 Å². The van der Waals surface area contributed by atoms with Crippen molar-refractivity contribution in [3.05, 3.63) is 91.8 Å². The van der Waals surface area contributed by atoms with Crippen LogP contribution in [-0.2, 0) is 16.1 Å². The van der Waals surface area contributed by atoms with Crippen LogP contribution in [-0.4, -0.2) is 29.9 Å². The first-order valence-electron chi connectivity index (χ1n) is 9.17. The minimum atomic E-state index is -0.421. The predicted molar refractivity (Wildman–Crippen MR) is 118 cm³/mol. The van der Waals surface area contributed by atoms with Crippen LogP contribution in [0.3, 0.4) is 0 Å². The van der Waals surface area contributed by atoms with Crippen LogP contribution in [0.2, 0.25) is 0 Å². The van der Waals surface area contributed by atoms with Gasteiger partial charge in [-0.2, -0.15) is 0 Å². The van der Waals surface area contributed by atoms with Gasteiger partial charge < -0.3 is 4.74 Å². The number of hydrogen-bond donors (Lipinski definition) is 0. The van der Waals surface area contributed by atoms with Gasteiger partial charge >= 0.3 is 6.09 Å². The van der Waals surface area contributed by atoms with E-state index >= 15 is 0 Å². The van der Waals surface area contributed by atoms with Crippen molar-refractivity contribution in [2.45, 2.75) is 6.61 Å². The lowest BCUT2D eigenvalue weighted by molar-refractivity contribution is -0.113. The maximum absolute atomic E-state index is 13.0. The molecule has 0 spiro atoms. The minimum absolute atomic E-state index is 0.0149. The van der Waals surface area contributed by atoms with Gasteiger partial charge in [0.15, 0.2) is 5.78 Å². The van der Waals surface area contributed by atoms with Gasteiger partial charge in [0, 0.05) is 20.9 Å². The molecule has 0 radical (unpaired) electrons. The van der Waals surface area contributed by atoms with E-state index in [2.05, 4.69) is 0 Å². The summed E-state index contributed by atoms with van der Waals surface area (Å²) < 4.78 is 5.50. The summed E-state index contributed by atoms with van der Waals surface area (Å²) in [6.45, 7) is 0.691. The normalized spacial score (nSPS) is 17.1. The van der Waals surface area contributed by atoms with Gasteiger partial charge in [-0.25, -0.2) is 4.79 Å². The van der Waals surface area contributed by atoms with E-state index in [0.29, 0.717) is 11.1 Å². The number of benzene rings is 1. The number of amides is 1. The van der Waals surface area contributed by atoms with Gasteiger partial charge in [-0.1, -0.05) is 42.5 Å². The van der Waals surface area contributed by atoms with Crippen LogP contribution < -0.4 is 0 Å². The number of ketones is 1. The Balaban J connectivity index is 1.56. The molecule has 4 rings (SSSR count). The number of nitrogens with zero attached hydrogens (tertiary/aromatic N) is 1. The molecule has 0 N–H and O–H groups in total. The van der Waals surface area contributed by atoms with Gasteiger partial charge in [-0.3, -0.25) is 9.69 Å². The molecule has 3 aromatic rings. The molecule has 2 aromatic heterocycles. The van der Waals surface area contributed by atoms with Crippen LogP contribution in [0.5, 0.6) is 0 Å².